The van der Waals surface area contributed by atoms with Gasteiger partial charge in [-0.15, -0.1) is 0 Å². The fourth-order valence-electron chi connectivity index (χ4n) is 1.88. The summed E-state index contributed by atoms with van der Waals surface area (Å²) in [6.07, 6.45) is 4.84. The first-order valence-corrected chi connectivity index (χ1v) is 4.55. The molecule has 0 spiro atoms. The van der Waals surface area contributed by atoms with Crippen molar-refractivity contribution in [3.63, 3.8) is 0 Å². The molecule has 5 nitrogen and oxygen atoms in total. The summed E-state index contributed by atoms with van der Waals surface area (Å²) in [5.74, 6) is 0. The summed E-state index contributed by atoms with van der Waals surface area (Å²) in [6.45, 7) is 0. The lowest BCUT2D eigenvalue weighted by Crippen LogP contribution is -2.09. The van der Waals surface area contributed by atoms with Gasteiger partial charge in [0.05, 0.1) is 11.8 Å². The molecule has 3 rings (SSSR count). The highest BCUT2D eigenvalue weighted by Gasteiger charge is 2.11. The molecule has 0 saturated carbocycles. The lowest BCUT2D eigenvalue weighted by atomic mass is 10.3. The Balaban J connectivity index is 2.76. The molecule has 0 aromatic carbocycles. The van der Waals surface area contributed by atoms with E-state index >= 15 is 0 Å². The Morgan fingerprint density at radius 3 is 3.20 bits per heavy atom. The molecule has 0 aliphatic heterocycles. The third kappa shape index (κ3) is 0.942. The predicted octanol–water partition coefficient (Wildman–Crippen LogP) is 0.810. The predicted molar refractivity (Wildman–Crippen MR) is 56.6 cm³/mol. The molecule has 0 atom stereocenters. The summed E-state index contributed by atoms with van der Waals surface area (Å²) in [4.78, 5) is 22.4. The van der Waals surface area contributed by atoms with Crippen LogP contribution in [0.25, 0.3) is 21.9 Å². The lowest BCUT2D eigenvalue weighted by molar-refractivity contribution is 0.991. The first-order chi connectivity index (χ1) is 7.29. The van der Waals surface area contributed by atoms with E-state index in [9.17, 15) is 4.79 Å². The number of hydrogen-bond acceptors (Lipinski definition) is 3. The van der Waals surface area contributed by atoms with E-state index in [2.05, 4.69) is 15.0 Å². The molecule has 3 aromatic heterocycles. The molecule has 15 heavy (non-hydrogen) atoms. The van der Waals surface area contributed by atoms with Crippen LogP contribution < -0.4 is 5.56 Å². The summed E-state index contributed by atoms with van der Waals surface area (Å²) in [6, 6.07) is 1.87. The number of H-pyrrole nitrogens is 1. The molecule has 74 valence electrons. The van der Waals surface area contributed by atoms with Gasteiger partial charge in [-0.25, -0.2) is 4.98 Å². The molecule has 0 radical (unpaired) electrons. The summed E-state index contributed by atoms with van der Waals surface area (Å²) in [5, 5.41) is 0.904. The maximum atomic E-state index is 11.6. The highest BCUT2D eigenvalue weighted by atomic mass is 16.1. The standard InChI is InChI=1S/C10H8N4O/c1-14-7-2-3-11-4-6(7)8-9(14)10(15)13-5-12-8/h2-5H,1H3,(H,12,13,15). The zero-order chi connectivity index (χ0) is 10.4. The monoisotopic (exact) mass is 200 g/mol. The Kier molecular flexibility index (Phi) is 1.45. The molecule has 0 amide bonds. The molecule has 1 N–H and O–H groups in total. The highest BCUT2D eigenvalue weighted by molar-refractivity contribution is 6.04. The van der Waals surface area contributed by atoms with Crippen molar-refractivity contribution in [2.24, 2.45) is 7.05 Å². The minimum atomic E-state index is -0.126. The van der Waals surface area contributed by atoms with Crippen molar-refractivity contribution in [3.8, 4) is 0 Å². The molecule has 0 unspecified atom stereocenters. The van der Waals surface area contributed by atoms with E-state index in [1.54, 1.807) is 12.4 Å². The molecule has 0 bridgehead atoms. The van der Waals surface area contributed by atoms with E-state index < -0.39 is 0 Å². The first-order valence-electron chi connectivity index (χ1n) is 4.55. The van der Waals surface area contributed by atoms with Gasteiger partial charge in [-0.3, -0.25) is 9.78 Å². The van der Waals surface area contributed by atoms with Crippen LogP contribution in [-0.2, 0) is 7.05 Å². The minimum absolute atomic E-state index is 0.126. The number of aromatic nitrogens is 4. The zero-order valence-electron chi connectivity index (χ0n) is 8.06. The van der Waals surface area contributed by atoms with E-state index in [0.29, 0.717) is 11.0 Å². The van der Waals surface area contributed by atoms with Crippen LogP contribution in [0.5, 0.6) is 0 Å². The van der Waals surface area contributed by atoms with Gasteiger partial charge in [0.1, 0.15) is 11.0 Å². The van der Waals surface area contributed by atoms with Gasteiger partial charge in [0.15, 0.2) is 0 Å². The van der Waals surface area contributed by atoms with Gasteiger partial charge in [0.2, 0.25) is 0 Å². The largest absolute Gasteiger partial charge is 0.338 e. The second kappa shape index (κ2) is 2.66. The van der Waals surface area contributed by atoms with Gasteiger partial charge >= 0.3 is 0 Å². The van der Waals surface area contributed by atoms with E-state index in [0.717, 1.165) is 10.9 Å². The van der Waals surface area contributed by atoms with Crippen molar-refractivity contribution in [1.82, 2.24) is 19.5 Å². The van der Waals surface area contributed by atoms with E-state index in [-0.39, 0.29) is 5.56 Å². The minimum Gasteiger partial charge on any atom is -0.338 e. The normalized spacial score (nSPS) is 11.3. The third-order valence-electron chi connectivity index (χ3n) is 2.58. The van der Waals surface area contributed by atoms with Crippen molar-refractivity contribution in [3.05, 3.63) is 35.1 Å². The molecular weight excluding hydrogens is 192 g/mol. The summed E-state index contributed by atoms with van der Waals surface area (Å²) < 4.78 is 1.83. The number of nitrogens with zero attached hydrogens (tertiary/aromatic N) is 3. The van der Waals surface area contributed by atoms with Crippen molar-refractivity contribution < 1.29 is 0 Å². The molecule has 0 aliphatic rings. The Labute approximate surface area is 84.4 Å². The van der Waals surface area contributed by atoms with Crippen molar-refractivity contribution >= 4 is 21.9 Å². The molecular formula is C10H8N4O. The quantitative estimate of drug-likeness (QED) is 0.584. The SMILES string of the molecule is Cn1c2ccncc2c2nc[nH]c(=O)c21. The fourth-order valence-corrected chi connectivity index (χ4v) is 1.88. The zero-order valence-corrected chi connectivity index (χ0v) is 8.06. The van der Waals surface area contributed by atoms with Gasteiger partial charge in [-0.2, -0.15) is 0 Å². The van der Waals surface area contributed by atoms with E-state index in [4.69, 9.17) is 0 Å². The number of aromatic amines is 1. The van der Waals surface area contributed by atoms with Crippen LogP contribution in [0.4, 0.5) is 0 Å². The maximum Gasteiger partial charge on any atom is 0.275 e. The van der Waals surface area contributed by atoms with Gasteiger partial charge in [-0.05, 0) is 6.07 Å². The Morgan fingerprint density at radius 2 is 2.33 bits per heavy atom. The Hall–Kier alpha value is -2.17. The summed E-state index contributed by atoms with van der Waals surface area (Å²) in [7, 11) is 1.85. The number of aryl methyl sites for hydroxylation is 1. The van der Waals surface area contributed by atoms with E-state index in [1.807, 2.05) is 17.7 Å². The van der Waals surface area contributed by atoms with Crippen LogP contribution in [0.3, 0.4) is 0 Å². The topological polar surface area (TPSA) is 63.6 Å². The van der Waals surface area contributed by atoms with Crippen molar-refractivity contribution in [2.45, 2.75) is 0 Å². The van der Waals surface area contributed by atoms with Crippen LogP contribution in [0.1, 0.15) is 0 Å². The van der Waals surface area contributed by atoms with Crippen LogP contribution in [0.15, 0.2) is 29.6 Å². The Morgan fingerprint density at radius 1 is 1.47 bits per heavy atom. The highest BCUT2D eigenvalue weighted by Crippen LogP contribution is 2.22. The Bertz CT molecular complexity index is 710. The second-order valence-corrected chi connectivity index (χ2v) is 3.38. The van der Waals surface area contributed by atoms with Crippen molar-refractivity contribution in [1.29, 1.82) is 0 Å². The number of nitrogens with one attached hydrogen (secondary N) is 1. The number of hydrogen-bond donors (Lipinski definition) is 1. The number of fused-ring (bicyclic) bond motifs is 3. The third-order valence-corrected chi connectivity index (χ3v) is 2.58. The van der Waals surface area contributed by atoms with Gasteiger partial charge in [0.25, 0.3) is 5.56 Å². The molecule has 0 aliphatic carbocycles. The smallest absolute Gasteiger partial charge is 0.275 e. The fraction of sp³-hybridized carbons (Fsp3) is 0.100. The lowest BCUT2D eigenvalue weighted by Gasteiger charge is -1.94. The number of pyridine rings is 1. The van der Waals surface area contributed by atoms with Gasteiger partial charge < -0.3 is 9.55 Å². The summed E-state index contributed by atoms with van der Waals surface area (Å²) >= 11 is 0. The van der Waals surface area contributed by atoms with Crippen LogP contribution >= 0.6 is 0 Å². The molecule has 3 heterocycles. The maximum absolute atomic E-state index is 11.6. The molecule has 3 aromatic rings. The first kappa shape index (κ1) is 8.16. The van der Waals surface area contributed by atoms with Gasteiger partial charge in [0, 0.05) is 24.8 Å². The van der Waals surface area contributed by atoms with Crippen LogP contribution in [0.2, 0.25) is 0 Å². The van der Waals surface area contributed by atoms with Crippen molar-refractivity contribution in [2.75, 3.05) is 0 Å². The molecule has 0 fully saturated rings. The average molecular weight is 200 g/mol. The summed E-state index contributed by atoms with van der Waals surface area (Å²) in [5.41, 5.74) is 2.12. The van der Waals surface area contributed by atoms with Crippen LogP contribution in [-0.4, -0.2) is 19.5 Å². The van der Waals surface area contributed by atoms with Gasteiger partial charge in [-0.1, -0.05) is 0 Å². The van der Waals surface area contributed by atoms with E-state index in [1.165, 1.54) is 6.33 Å². The van der Waals surface area contributed by atoms with Crippen LogP contribution in [0, 0.1) is 0 Å². The number of rotatable bonds is 0. The molecule has 5 heteroatoms. The average Bonchev–Trinajstić information content (AvgIpc) is 2.55. The second-order valence-electron chi connectivity index (χ2n) is 3.38. The molecule has 0 saturated heterocycles.